The van der Waals surface area contributed by atoms with Crippen LogP contribution in [0.15, 0.2) is 29.2 Å². The van der Waals surface area contributed by atoms with Crippen LogP contribution in [-0.2, 0) is 16.0 Å². The summed E-state index contributed by atoms with van der Waals surface area (Å²) in [6, 6.07) is 5.00. The molecule has 0 saturated carbocycles. The minimum Gasteiger partial charge on any atom is -0.224 e. The summed E-state index contributed by atoms with van der Waals surface area (Å²) in [7, 11) is -3.72. The van der Waals surface area contributed by atoms with Crippen molar-refractivity contribution in [3.8, 4) is 6.07 Å². The van der Waals surface area contributed by atoms with Crippen molar-refractivity contribution < 1.29 is 21.6 Å². The van der Waals surface area contributed by atoms with Crippen LogP contribution in [0, 0.1) is 17.2 Å². The highest BCUT2D eigenvalue weighted by Crippen LogP contribution is 2.29. The third-order valence-electron chi connectivity index (χ3n) is 2.23. The Bertz CT molecular complexity index is 555. The van der Waals surface area contributed by atoms with E-state index in [-0.39, 0.29) is 4.90 Å². The van der Waals surface area contributed by atoms with Crippen molar-refractivity contribution in [2.75, 3.05) is 5.75 Å². The summed E-state index contributed by atoms with van der Waals surface area (Å²) in [5.74, 6) is -1.12. The Morgan fingerprint density at radius 3 is 2.17 bits per heavy atom. The Kier molecular flexibility index (Phi) is 4.02. The van der Waals surface area contributed by atoms with Crippen LogP contribution in [0.5, 0.6) is 0 Å². The van der Waals surface area contributed by atoms with E-state index in [9.17, 15) is 21.6 Å². The maximum atomic E-state index is 12.3. The third-order valence-corrected chi connectivity index (χ3v) is 4.16. The first-order chi connectivity index (χ1) is 8.16. The zero-order chi connectivity index (χ0) is 14.0. The first kappa shape index (κ1) is 14.5. The molecule has 7 heteroatoms. The van der Waals surface area contributed by atoms with Gasteiger partial charge in [0.05, 0.1) is 28.2 Å². The number of benzene rings is 1. The van der Waals surface area contributed by atoms with Crippen molar-refractivity contribution in [1.82, 2.24) is 0 Å². The molecule has 1 aromatic rings. The fourth-order valence-corrected chi connectivity index (χ4v) is 2.79. The predicted octanol–water partition coefficient (Wildman–Crippen LogP) is 2.64. The summed E-state index contributed by atoms with van der Waals surface area (Å²) in [5.41, 5.74) is -0.908. The highest BCUT2D eigenvalue weighted by molar-refractivity contribution is 7.91. The molecule has 1 rings (SSSR count). The zero-order valence-electron chi connectivity index (χ0n) is 9.40. The van der Waals surface area contributed by atoms with E-state index in [0.29, 0.717) is 12.1 Å². The standard InChI is InChI=1S/C11H10F3NO2S/c1-8(6-15)7-18(16,17)10-4-2-9(3-5-10)11(12,13)14/h2-5,8H,7H2,1H3. The van der Waals surface area contributed by atoms with Crippen LogP contribution in [0.2, 0.25) is 0 Å². The normalized spacial score (nSPS) is 13.9. The van der Waals surface area contributed by atoms with Crippen LogP contribution in [-0.4, -0.2) is 14.2 Å². The number of sulfone groups is 1. The SMILES string of the molecule is CC(C#N)CS(=O)(=O)c1ccc(C(F)(F)F)cc1. The van der Waals surface area contributed by atoms with Crippen LogP contribution in [0.25, 0.3) is 0 Å². The number of nitrogens with zero attached hydrogens (tertiary/aromatic N) is 1. The molecule has 0 aliphatic carbocycles. The van der Waals surface area contributed by atoms with E-state index in [0.717, 1.165) is 12.1 Å². The Morgan fingerprint density at radius 1 is 1.28 bits per heavy atom. The molecule has 0 aliphatic rings. The van der Waals surface area contributed by atoms with Gasteiger partial charge in [-0.1, -0.05) is 0 Å². The topological polar surface area (TPSA) is 57.9 Å². The molecule has 0 fully saturated rings. The minimum atomic E-state index is -4.50. The number of rotatable bonds is 3. The molecule has 0 aromatic heterocycles. The second-order valence-electron chi connectivity index (χ2n) is 3.83. The van der Waals surface area contributed by atoms with Gasteiger partial charge in [-0.2, -0.15) is 18.4 Å². The molecule has 0 N–H and O–H groups in total. The zero-order valence-corrected chi connectivity index (χ0v) is 10.2. The lowest BCUT2D eigenvalue weighted by molar-refractivity contribution is -0.137. The monoisotopic (exact) mass is 277 g/mol. The Labute approximate surface area is 103 Å². The first-order valence-electron chi connectivity index (χ1n) is 4.96. The summed E-state index contributed by atoms with van der Waals surface area (Å²) in [6.45, 7) is 1.43. The lowest BCUT2D eigenvalue weighted by atomic mass is 10.2. The van der Waals surface area contributed by atoms with Crippen molar-refractivity contribution >= 4 is 9.84 Å². The van der Waals surface area contributed by atoms with E-state index in [4.69, 9.17) is 5.26 Å². The van der Waals surface area contributed by atoms with E-state index in [1.54, 1.807) is 6.07 Å². The number of nitriles is 1. The molecule has 0 heterocycles. The second kappa shape index (κ2) is 4.98. The molecule has 0 radical (unpaired) electrons. The summed E-state index contributed by atoms with van der Waals surface area (Å²) >= 11 is 0. The van der Waals surface area contributed by atoms with E-state index in [1.165, 1.54) is 6.92 Å². The number of alkyl halides is 3. The van der Waals surface area contributed by atoms with Gasteiger partial charge in [-0.05, 0) is 31.2 Å². The average Bonchev–Trinajstić information content (AvgIpc) is 2.27. The molecular weight excluding hydrogens is 267 g/mol. The first-order valence-corrected chi connectivity index (χ1v) is 6.61. The number of halogens is 3. The van der Waals surface area contributed by atoms with Gasteiger partial charge in [0.25, 0.3) is 0 Å². The molecule has 1 unspecified atom stereocenters. The maximum Gasteiger partial charge on any atom is 0.416 e. The van der Waals surface area contributed by atoms with Gasteiger partial charge < -0.3 is 0 Å². The van der Waals surface area contributed by atoms with Crippen LogP contribution >= 0.6 is 0 Å². The van der Waals surface area contributed by atoms with Gasteiger partial charge in [-0.15, -0.1) is 0 Å². The molecule has 3 nitrogen and oxygen atoms in total. The number of hydrogen-bond acceptors (Lipinski definition) is 3. The molecule has 1 atom stereocenters. The third kappa shape index (κ3) is 3.47. The summed E-state index contributed by atoms with van der Waals surface area (Å²) in [5, 5.41) is 8.53. The minimum absolute atomic E-state index is 0.211. The lowest BCUT2D eigenvalue weighted by Gasteiger charge is -2.08. The van der Waals surface area contributed by atoms with Crippen molar-refractivity contribution in [2.45, 2.75) is 18.0 Å². The van der Waals surface area contributed by atoms with Crippen LogP contribution in [0.1, 0.15) is 12.5 Å². The quantitative estimate of drug-likeness (QED) is 0.853. The predicted molar refractivity (Wildman–Crippen MR) is 58.3 cm³/mol. The van der Waals surface area contributed by atoms with Crippen molar-refractivity contribution in [3.05, 3.63) is 29.8 Å². The summed E-state index contributed by atoms with van der Waals surface area (Å²) in [6.07, 6.45) is -4.50. The number of hydrogen-bond donors (Lipinski definition) is 0. The van der Waals surface area contributed by atoms with E-state index in [1.807, 2.05) is 0 Å². The molecule has 0 amide bonds. The van der Waals surface area contributed by atoms with Gasteiger partial charge >= 0.3 is 6.18 Å². The van der Waals surface area contributed by atoms with E-state index < -0.39 is 33.2 Å². The molecular formula is C11H10F3NO2S. The van der Waals surface area contributed by atoms with Crippen molar-refractivity contribution in [3.63, 3.8) is 0 Å². The summed E-state index contributed by atoms with van der Waals surface area (Å²) < 4.78 is 60.3. The Balaban J connectivity index is 3.03. The van der Waals surface area contributed by atoms with Gasteiger partial charge in [0.15, 0.2) is 9.84 Å². The molecule has 0 bridgehead atoms. The van der Waals surface area contributed by atoms with E-state index in [2.05, 4.69) is 0 Å². The van der Waals surface area contributed by atoms with Crippen LogP contribution in [0.3, 0.4) is 0 Å². The van der Waals surface area contributed by atoms with Crippen LogP contribution < -0.4 is 0 Å². The smallest absolute Gasteiger partial charge is 0.224 e. The van der Waals surface area contributed by atoms with Gasteiger partial charge in [-0.25, -0.2) is 8.42 Å². The van der Waals surface area contributed by atoms with E-state index >= 15 is 0 Å². The largest absolute Gasteiger partial charge is 0.416 e. The highest BCUT2D eigenvalue weighted by Gasteiger charge is 2.30. The fourth-order valence-electron chi connectivity index (χ4n) is 1.31. The Hall–Kier alpha value is -1.55. The molecule has 0 saturated heterocycles. The van der Waals surface area contributed by atoms with Gasteiger partial charge in [0, 0.05) is 0 Å². The fraction of sp³-hybridized carbons (Fsp3) is 0.364. The molecule has 1 aromatic carbocycles. The lowest BCUT2D eigenvalue weighted by Crippen LogP contribution is -2.13. The van der Waals surface area contributed by atoms with Crippen molar-refractivity contribution in [1.29, 1.82) is 5.26 Å². The average molecular weight is 277 g/mol. The Morgan fingerprint density at radius 2 is 1.78 bits per heavy atom. The highest BCUT2D eigenvalue weighted by atomic mass is 32.2. The van der Waals surface area contributed by atoms with Crippen LogP contribution in [0.4, 0.5) is 13.2 Å². The molecule has 98 valence electrons. The van der Waals surface area contributed by atoms with Gasteiger partial charge in [0.1, 0.15) is 0 Å². The second-order valence-corrected chi connectivity index (χ2v) is 5.87. The van der Waals surface area contributed by atoms with Crippen molar-refractivity contribution in [2.24, 2.45) is 5.92 Å². The molecule has 0 spiro atoms. The molecule has 0 aliphatic heterocycles. The van der Waals surface area contributed by atoms with Gasteiger partial charge in [-0.3, -0.25) is 0 Å². The maximum absolute atomic E-state index is 12.3. The molecule has 18 heavy (non-hydrogen) atoms. The van der Waals surface area contributed by atoms with Gasteiger partial charge in [0.2, 0.25) is 0 Å². The summed E-state index contributed by atoms with van der Waals surface area (Å²) in [4.78, 5) is -0.211.